The zero-order chi connectivity index (χ0) is 13.1. The van der Waals surface area contributed by atoms with Gasteiger partial charge in [-0.2, -0.15) is 0 Å². The van der Waals surface area contributed by atoms with Gasteiger partial charge in [0.15, 0.2) is 0 Å². The van der Waals surface area contributed by atoms with Crippen molar-refractivity contribution in [3.63, 3.8) is 0 Å². The van der Waals surface area contributed by atoms with Crippen LogP contribution < -0.4 is 5.73 Å². The highest BCUT2D eigenvalue weighted by Gasteiger charge is 2.11. The van der Waals surface area contributed by atoms with E-state index in [1.807, 2.05) is 0 Å². The van der Waals surface area contributed by atoms with E-state index >= 15 is 0 Å². The monoisotopic (exact) mass is 283 g/mol. The Balaban J connectivity index is 2.24. The van der Waals surface area contributed by atoms with E-state index in [9.17, 15) is 8.60 Å². The maximum Gasteiger partial charge on any atom is 0.129 e. The number of hydrogen-bond acceptors (Lipinski definition) is 2. The molecule has 0 saturated heterocycles. The summed E-state index contributed by atoms with van der Waals surface area (Å²) in [6.07, 6.45) is 0. The first-order valence-corrected chi connectivity index (χ1v) is 6.94. The molecule has 0 aromatic heterocycles. The number of nitrogens with two attached hydrogens (primary N) is 1. The Labute approximate surface area is 112 Å². The van der Waals surface area contributed by atoms with Crippen LogP contribution in [-0.4, -0.2) is 4.21 Å². The third-order valence-corrected chi connectivity index (χ3v) is 4.31. The lowest BCUT2D eigenvalue weighted by Gasteiger charge is -2.06. The van der Waals surface area contributed by atoms with Crippen LogP contribution in [0.1, 0.15) is 5.56 Å². The minimum atomic E-state index is -1.38. The lowest BCUT2D eigenvalue weighted by atomic mass is 10.2. The molecule has 18 heavy (non-hydrogen) atoms. The van der Waals surface area contributed by atoms with Gasteiger partial charge in [-0.3, -0.25) is 4.21 Å². The predicted molar refractivity (Wildman–Crippen MR) is 72.4 cm³/mol. The minimum absolute atomic E-state index is 0.0792. The van der Waals surface area contributed by atoms with Crippen molar-refractivity contribution in [3.05, 3.63) is 58.9 Å². The Morgan fingerprint density at radius 1 is 1.22 bits per heavy atom. The van der Waals surface area contributed by atoms with Crippen molar-refractivity contribution in [3.8, 4) is 0 Å². The van der Waals surface area contributed by atoms with Crippen LogP contribution in [0.5, 0.6) is 0 Å². The van der Waals surface area contributed by atoms with Crippen LogP contribution in [0.15, 0.2) is 47.4 Å². The summed E-state index contributed by atoms with van der Waals surface area (Å²) in [5.41, 5.74) is 6.17. The van der Waals surface area contributed by atoms with Crippen molar-refractivity contribution >= 4 is 28.1 Å². The molecule has 0 aliphatic heterocycles. The van der Waals surface area contributed by atoms with Gasteiger partial charge in [-0.05, 0) is 24.3 Å². The molecule has 0 amide bonds. The number of rotatable bonds is 3. The van der Waals surface area contributed by atoms with E-state index < -0.39 is 16.6 Å². The summed E-state index contributed by atoms with van der Waals surface area (Å²) < 4.78 is 25.7. The van der Waals surface area contributed by atoms with Crippen molar-refractivity contribution in [1.29, 1.82) is 0 Å². The van der Waals surface area contributed by atoms with Gasteiger partial charge < -0.3 is 5.73 Å². The molecular weight excluding hydrogens is 273 g/mol. The van der Waals surface area contributed by atoms with Crippen molar-refractivity contribution in [1.82, 2.24) is 0 Å². The van der Waals surface area contributed by atoms with Gasteiger partial charge in [0, 0.05) is 11.3 Å². The van der Waals surface area contributed by atoms with Gasteiger partial charge in [-0.1, -0.05) is 29.8 Å². The number of anilines is 1. The largest absolute Gasteiger partial charge is 0.399 e. The van der Waals surface area contributed by atoms with Crippen molar-refractivity contribution in [2.24, 2.45) is 0 Å². The van der Waals surface area contributed by atoms with Crippen molar-refractivity contribution in [2.45, 2.75) is 10.6 Å². The van der Waals surface area contributed by atoms with E-state index in [4.69, 9.17) is 17.3 Å². The van der Waals surface area contributed by atoms with Gasteiger partial charge in [0.05, 0.1) is 26.5 Å². The summed E-state index contributed by atoms with van der Waals surface area (Å²) in [6.45, 7) is 0. The molecule has 94 valence electrons. The highest BCUT2D eigenvalue weighted by Crippen LogP contribution is 2.22. The van der Waals surface area contributed by atoms with E-state index in [0.717, 1.165) is 0 Å². The molecule has 0 radical (unpaired) electrons. The Morgan fingerprint density at radius 2 is 1.94 bits per heavy atom. The van der Waals surface area contributed by atoms with E-state index in [2.05, 4.69) is 0 Å². The van der Waals surface area contributed by atoms with Crippen LogP contribution >= 0.6 is 11.6 Å². The Kier molecular flexibility index (Phi) is 3.99. The zero-order valence-electron chi connectivity index (χ0n) is 9.40. The molecule has 2 aromatic rings. The van der Waals surface area contributed by atoms with Crippen LogP contribution in [-0.2, 0) is 16.6 Å². The summed E-state index contributed by atoms with van der Waals surface area (Å²) >= 11 is 5.94. The van der Waals surface area contributed by atoms with Gasteiger partial charge in [0.1, 0.15) is 5.82 Å². The molecule has 0 fully saturated rings. The molecule has 1 atom stereocenters. The van der Waals surface area contributed by atoms with E-state index in [1.165, 1.54) is 6.07 Å². The summed E-state index contributed by atoms with van der Waals surface area (Å²) in [7, 11) is -1.38. The maximum absolute atomic E-state index is 13.6. The normalized spacial score (nSPS) is 12.3. The average molecular weight is 284 g/mol. The fraction of sp³-hybridized carbons (Fsp3) is 0.0769. The molecule has 0 aliphatic rings. The molecular formula is C13H11ClFNOS. The van der Waals surface area contributed by atoms with Crippen molar-refractivity contribution in [2.75, 3.05) is 5.73 Å². The quantitative estimate of drug-likeness (QED) is 0.878. The van der Waals surface area contributed by atoms with Gasteiger partial charge in [0.25, 0.3) is 0 Å². The van der Waals surface area contributed by atoms with Crippen LogP contribution in [0.4, 0.5) is 10.1 Å². The topological polar surface area (TPSA) is 43.1 Å². The standard InChI is InChI=1S/C13H11ClFNOS/c14-11-3-1-2-4-13(11)18(17)8-9-5-6-10(16)7-12(9)15/h1-7H,8,16H2. The molecule has 0 aliphatic carbocycles. The first-order valence-electron chi connectivity index (χ1n) is 5.25. The first-order chi connectivity index (χ1) is 8.58. The molecule has 2 aromatic carbocycles. The van der Waals surface area contributed by atoms with Crippen LogP contribution in [0.3, 0.4) is 0 Å². The van der Waals surface area contributed by atoms with Crippen LogP contribution in [0.25, 0.3) is 0 Å². The fourth-order valence-corrected chi connectivity index (χ4v) is 3.11. The van der Waals surface area contributed by atoms with Crippen LogP contribution in [0, 0.1) is 5.82 Å². The van der Waals surface area contributed by atoms with E-state index in [1.54, 1.807) is 36.4 Å². The number of benzene rings is 2. The molecule has 0 bridgehead atoms. The number of nitrogen functional groups attached to an aromatic ring is 1. The van der Waals surface area contributed by atoms with Gasteiger partial charge in [-0.25, -0.2) is 4.39 Å². The summed E-state index contributed by atoms with van der Waals surface area (Å²) in [5, 5.41) is 0.423. The summed E-state index contributed by atoms with van der Waals surface area (Å²) in [4.78, 5) is 0.510. The Hall–Kier alpha value is -1.39. The second-order valence-electron chi connectivity index (χ2n) is 3.77. The van der Waals surface area contributed by atoms with E-state index in [0.29, 0.717) is 21.2 Å². The second-order valence-corrected chi connectivity index (χ2v) is 5.60. The molecule has 2 nitrogen and oxygen atoms in total. The molecule has 0 saturated carbocycles. The number of halogens is 2. The smallest absolute Gasteiger partial charge is 0.129 e. The van der Waals surface area contributed by atoms with Crippen molar-refractivity contribution < 1.29 is 8.60 Å². The molecule has 2 rings (SSSR count). The fourth-order valence-electron chi connectivity index (χ4n) is 1.53. The van der Waals surface area contributed by atoms with Gasteiger partial charge >= 0.3 is 0 Å². The molecule has 1 unspecified atom stereocenters. The highest BCUT2D eigenvalue weighted by molar-refractivity contribution is 7.84. The third-order valence-electron chi connectivity index (χ3n) is 2.45. The highest BCUT2D eigenvalue weighted by atomic mass is 35.5. The second kappa shape index (κ2) is 5.50. The first kappa shape index (κ1) is 13.1. The average Bonchev–Trinajstić information content (AvgIpc) is 2.33. The summed E-state index contributed by atoms with van der Waals surface area (Å²) in [6, 6.07) is 11.2. The zero-order valence-corrected chi connectivity index (χ0v) is 11.0. The lowest BCUT2D eigenvalue weighted by molar-refractivity contribution is 0.616. The van der Waals surface area contributed by atoms with Gasteiger partial charge in [-0.15, -0.1) is 0 Å². The third kappa shape index (κ3) is 2.89. The Bertz CT molecular complexity index is 603. The van der Waals surface area contributed by atoms with Crippen LogP contribution in [0.2, 0.25) is 5.02 Å². The number of hydrogen-bond donors (Lipinski definition) is 1. The predicted octanol–water partition coefficient (Wildman–Crippen LogP) is 3.37. The lowest BCUT2D eigenvalue weighted by Crippen LogP contribution is -2.00. The molecule has 5 heteroatoms. The molecule has 0 spiro atoms. The maximum atomic E-state index is 13.6. The summed E-state index contributed by atoms with van der Waals surface area (Å²) in [5.74, 6) is -0.369. The molecule has 2 N–H and O–H groups in total. The Morgan fingerprint density at radius 3 is 2.61 bits per heavy atom. The SMILES string of the molecule is Nc1ccc(CS(=O)c2ccccc2Cl)c(F)c1. The minimum Gasteiger partial charge on any atom is -0.399 e. The van der Waals surface area contributed by atoms with E-state index in [-0.39, 0.29) is 5.75 Å². The molecule has 0 heterocycles. The van der Waals surface area contributed by atoms with Gasteiger partial charge in [0.2, 0.25) is 0 Å².